The molecule has 0 spiro atoms. The Morgan fingerprint density at radius 3 is 2.59 bits per heavy atom. The Morgan fingerprint density at radius 1 is 1.04 bits per heavy atom. The van der Waals surface area contributed by atoms with Gasteiger partial charge in [0.15, 0.2) is 5.82 Å². The van der Waals surface area contributed by atoms with Crippen molar-refractivity contribution >= 4 is 17.8 Å². The number of hydrogen-bond donors (Lipinski definition) is 2. The van der Waals surface area contributed by atoms with E-state index >= 15 is 0 Å². The summed E-state index contributed by atoms with van der Waals surface area (Å²) in [6.07, 6.45) is 4.95. The van der Waals surface area contributed by atoms with Gasteiger partial charge in [-0.05, 0) is 12.1 Å². The predicted molar refractivity (Wildman–Crippen MR) is 99.9 cm³/mol. The molecule has 0 saturated carbocycles. The van der Waals surface area contributed by atoms with Crippen molar-refractivity contribution < 1.29 is 4.74 Å². The summed E-state index contributed by atoms with van der Waals surface area (Å²) in [6, 6.07) is 5.75. The fourth-order valence-corrected chi connectivity index (χ4v) is 2.60. The summed E-state index contributed by atoms with van der Waals surface area (Å²) in [5.41, 5.74) is 7.14. The monoisotopic (exact) mass is 365 g/mol. The Labute approximate surface area is 155 Å². The minimum Gasteiger partial charge on any atom is -0.378 e. The van der Waals surface area contributed by atoms with Crippen LogP contribution in [0.5, 0.6) is 0 Å². The highest BCUT2D eigenvalue weighted by molar-refractivity contribution is 5.57. The molecule has 0 aliphatic carbocycles. The smallest absolute Gasteiger partial charge is 0.230 e. The quantitative estimate of drug-likeness (QED) is 0.668. The van der Waals surface area contributed by atoms with E-state index in [9.17, 15) is 0 Å². The predicted octanol–water partition coefficient (Wildman–Crippen LogP) is 0.754. The van der Waals surface area contributed by atoms with Crippen LogP contribution >= 0.6 is 0 Å². The average Bonchev–Trinajstić information content (AvgIpc) is 2.74. The van der Waals surface area contributed by atoms with E-state index in [1.54, 1.807) is 18.6 Å². The Morgan fingerprint density at radius 2 is 1.85 bits per heavy atom. The lowest BCUT2D eigenvalue weighted by molar-refractivity contribution is 0.122. The topological polar surface area (TPSA) is 128 Å². The van der Waals surface area contributed by atoms with Gasteiger partial charge in [-0.15, -0.1) is 0 Å². The normalized spacial score (nSPS) is 14.1. The highest BCUT2D eigenvalue weighted by Crippen LogP contribution is 2.20. The van der Waals surface area contributed by atoms with Crippen molar-refractivity contribution in [3.8, 4) is 11.4 Å². The molecule has 1 saturated heterocycles. The average molecular weight is 365 g/mol. The van der Waals surface area contributed by atoms with Crippen molar-refractivity contribution in [2.24, 2.45) is 0 Å². The molecular formula is C17H19N9O. The second-order valence-corrected chi connectivity index (χ2v) is 5.89. The molecule has 4 heterocycles. The van der Waals surface area contributed by atoms with E-state index < -0.39 is 0 Å². The molecule has 0 bridgehead atoms. The fourth-order valence-electron chi connectivity index (χ4n) is 2.60. The number of nitrogens with two attached hydrogens (primary N) is 1. The van der Waals surface area contributed by atoms with Gasteiger partial charge in [-0.25, -0.2) is 9.97 Å². The van der Waals surface area contributed by atoms with E-state index in [4.69, 9.17) is 10.5 Å². The van der Waals surface area contributed by atoms with Crippen LogP contribution in [-0.2, 0) is 11.3 Å². The summed E-state index contributed by atoms with van der Waals surface area (Å²) in [7, 11) is 0. The minimum absolute atomic E-state index is 0.203. The molecular weight excluding hydrogens is 346 g/mol. The highest BCUT2D eigenvalue weighted by atomic mass is 16.5. The van der Waals surface area contributed by atoms with Crippen LogP contribution < -0.4 is 16.0 Å². The number of nitrogen functional groups attached to an aromatic ring is 1. The standard InChI is InChI=1S/C17H19N9O/c18-15-20-9-12(10-21-15)14-23-16(22-11-13-3-1-2-4-19-13)25-17(24-14)26-5-7-27-8-6-26/h1-4,9-10H,5-8,11H2,(H2,18,20,21)(H,22,23,24,25). The zero-order chi connectivity index (χ0) is 18.5. The van der Waals surface area contributed by atoms with Gasteiger partial charge in [0.25, 0.3) is 0 Å². The molecule has 0 amide bonds. The number of anilines is 3. The number of ether oxygens (including phenoxy) is 1. The maximum absolute atomic E-state index is 5.58. The number of rotatable bonds is 5. The van der Waals surface area contributed by atoms with Crippen molar-refractivity contribution in [3.63, 3.8) is 0 Å². The number of morpholine rings is 1. The van der Waals surface area contributed by atoms with Crippen LogP contribution in [0.4, 0.5) is 17.8 Å². The second kappa shape index (κ2) is 7.87. The molecule has 0 radical (unpaired) electrons. The van der Waals surface area contributed by atoms with Gasteiger partial charge in [0.1, 0.15) is 0 Å². The largest absolute Gasteiger partial charge is 0.378 e. The van der Waals surface area contributed by atoms with Gasteiger partial charge >= 0.3 is 0 Å². The first-order valence-electron chi connectivity index (χ1n) is 8.58. The third-order valence-corrected chi connectivity index (χ3v) is 4.00. The molecule has 3 aromatic heterocycles. The maximum Gasteiger partial charge on any atom is 0.230 e. The molecule has 138 valence electrons. The first-order valence-corrected chi connectivity index (χ1v) is 8.58. The Hall–Kier alpha value is -3.40. The molecule has 10 nitrogen and oxygen atoms in total. The van der Waals surface area contributed by atoms with Crippen LogP contribution in [0.3, 0.4) is 0 Å². The van der Waals surface area contributed by atoms with Crippen LogP contribution in [-0.4, -0.2) is 56.2 Å². The van der Waals surface area contributed by atoms with Gasteiger partial charge in [0, 0.05) is 31.7 Å². The van der Waals surface area contributed by atoms with E-state index in [0.29, 0.717) is 43.0 Å². The number of pyridine rings is 1. The summed E-state index contributed by atoms with van der Waals surface area (Å²) in [5.74, 6) is 1.73. The summed E-state index contributed by atoms with van der Waals surface area (Å²) < 4.78 is 5.41. The van der Waals surface area contributed by atoms with Crippen LogP contribution in [0.2, 0.25) is 0 Å². The van der Waals surface area contributed by atoms with Gasteiger partial charge < -0.3 is 20.7 Å². The summed E-state index contributed by atoms with van der Waals surface area (Å²) in [4.78, 5) is 28.1. The van der Waals surface area contributed by atoms with E-state index in [0.717, 1.165) is 18.8 Å². The summed E-state index contributed by atoms with van der Waals surface area (Å²) in [6.45, 7) is 3.24. The van der Waals surface area contributed by atoms with E-state index in [1.807, 2.05) is 18.2 Å². The van der Waals surface area contributed by atoms with Gasteiger partial charge in [-0.2, -0.15) is 15.0 Å². The molecule has 4 rings (SSSR count). The molecule has 0 atom stereocenters. The number of nitrogens with zero attached hydrogens (tertiary/aromatic N) is 7. The number of nitrogens with one attached hydrogen (secondary N) is 1. The Balaban J connectivity index is 1.64. The van der Waals surface area contributed by atoms with Crippen molar-refractivity contribution in [1.82, 2.24) is 29.9 Å². The van der Waals surface area contributed by atoms with Gasteiger partial charge in [0.05, 0.1) is 31.0 Å². The molecule has 27 heavy (non-hydrogen) atoms. The molecule has 3 aromatic rings. The van der Waals surface area contributed by atoms with Gasteiger partial charge in [-0.1, -0.05) is 6.07 Å². The van der Waals surface area contributed by atoms with E-state index in [1.165, 1.54) is 0 Å². The molecule has 1 aliphatic heterocycles. The molecule has 0 unspecified atom stereocenters. The summed E-state index contributed by atoms with van der Waals surface area (Å²) in [5, 5.41) is 3.21. The van der Waals surface area contributed by atoms with Crippen molar-refractivity contribution in [2.75, 3.05) is 42.3 Å². The maximum atomic E-state index is 5.58. The lowest BCUT2D eigenvalue weighted by Gasteiger charge is -2.27. The lowest BCUT2D eigenvalue weighted by Crippen LogP contribution is -2.37. The number of aromatic nitrogens is 6. The van der Waals surface area contributed by atoms with E-state index in [2.05, 4.69) is 40.1 Å². The third kappa shape index (κ3) is 4.23. The Bertz CT molecular complexity index is 883. The number of hydrogen-bond acceptors (Lipinski definition) is 10. The summed E-state index contributed by atoms with van der Waals surface area (Å²) >= 11 is 0. The molecule has 0 aromatic carbocycles. The fraction of sp³-hybridized carbons (Fsp3) is 0.294. The molecule has 10 heteroatoms. The SMILES string of the molecule is Nc1ncc(-c2nc(NCc3ccccn3)nc(N3CCOCC3)n2)cn1. The first-order chi connectivity index (χ1) is 13.3. The van der Waals surface area contributed by atoms with E-state index in [-0.39, 0.29) is 5.95 Å². The Kier molecular flexibility index (Phi) is 4.97. The third-order valence-electron chi connectivity index (χ3n) is 4.00. The van der Waals surface area contributed by atoms with Crippen molar-refractivity contribution in [3.05, 3.63) is 42.5 Å². The second-order valence-electron chi connectivity index (χ2n) is 5.89. The first kappa shape index (κ1) is 17.0. The zero-order valence-corrected chi connectivity index (χ0v) is 14.6. The van der Waals surface area contributed by atoms with Crippen LogP contribution in [0.1, 0.15) is 5.69 Å². The molecule has 1 aliphatic rings. The molecule has 3 N–H and O–H groups in total. The van der Waals surface area contributed by atoms with Gasteiger partial charge in [0.2, 0.25) is 17.8 Å². The molecule has 1 fully saturated rings. The lowest BCUT2D eigenvalue weighted by atomic mass is 10.3. The van der Waals surface area contributed by atoms with Crippen LogP contribution in [0, 0.1) is 0 Å². The van der Waals surface area contributed by atoms with Gasteiger partial charge in [-0.3, -0.25) is 4.98 Å². The van der Waals surface area contributed by atoms with Crippen molar-refractivity contribution in [1.29, 1.82) is 0 Å². The van der Waals surface area contributed by atoms with Crippen LogP contribution in [0.15, 0.2) is 36.8 Å². The minimum atomic E-state index is 0.203. The highest BCUT2D eigenvalue weighted by Gasteiger charge is 2.17. The van der Waals surface area contributed by atoms with Crippen LogP contribution in [0.25, 0.3) is 11.4 Å². The van der Waals surface area contributed by atoms with Crippen molar-refractivity contribution in [2.45, 2.75) is 6.54 Å². The zero-order valence-electron chi connectivity index (χ0n) is 14.6.